The Balaban J connectivity index is 0.825. The van der Waals surface area contributed by atoms with E-state index in [0.717, 1.165) is 0 Å². The molecule has 0 spiro atoms. The summed E-state index contributed by atoms with van der Waals surface area (Å²) in [6.45, 7) is 11.0. The zero-order valence-corrected chi connectivity index (χ0v) is 39.7. The third-order valence-electron chi connectivity index (χ3n) is 19.2. The number of carbonyl (C=O) groups is 6. The summed E-state index contributed by atoms with van der Waals surface area (Å²) < 4.78 is 56.0. The van der Waals surface area contributed by atoms with E-state index in [1.54, 1.807) is 41.5 Å². The highest BCUT2D eigenvalue weighted by atomic mass is 19.1. The molecule has 8 aliphatic carbocycles. The summed E-state index contributed by atoms with van der Waals surface area (Å²) in [5, 5.41) is 47.7. The Hall–Kier alpha value is -4.12. The van der Waals surface area contributed by atoms with Gasteiger partial charge in [0.05, 0.1) is 18.8 Å². The Kier molecular flexibility index (Phi) is 11.7. The molecule has 8 aliphatic rings. The Morgan fingerprint density at radius 1 is 0.672 bits per heavy atom. The average molecular weight is 941 g/mol. The van der Waals surface area contributed by atoms with Crippen LogP contribution in [0.2, 0.25) is 0 Å². The number of hydrogen-bond acceptors (Lipinski definition) is 14. The Labute approximate surface area is 389 Å². The monoisotopic (exact) mass is 940 g/mol. The van der Waals surface area contributed by atoms with Gasteiger partial charge in [-0.05, 0) is 127 Å². The molecule has 16 atom stereocenters. The molecule has 0 radical (unpaired) electrons. The minimum atomic E-state index is -2.15. The van der Waals surface area contributed by atoms with Gasteiger partial charge in [-0.25, -0.2) is 18.4 Å². The molecule has 8 rings (SSSR count). The molecule has 0 aromatic rings. The second-order valence-corrected chi connectivity index (χ2v) is 22.7. The third kappa shape index (κ3) is 6.71. The zero-order chi connectivity index (χ0) is 49.3. The molecule has 0 aromatic carbocycles. The minimum Gasteiger partial charge on any atom is -0.434 e. The number of rotatable bonds is 10. The summed E-state index contributed by atoms with van der Waals surface area (Å²) in [6.07, 6.45) is 4.37. The van der Waals surface area contributed by atoms with Gasteiger partial charge in [0.2, 0.25) is 11.6 Å². The maximum absolute atomic E-state index is 17.5. The number of aliphatic hydroxyl groups is 4. The van der Waals surface area contributed by atoms with Crippen LogP contribution in [0.5, 0.6) is 0 Å². The number of ether oxygens (including phenoxy) is 4. The zero-order valence-electron chi connectivity index (χ0n) is 39.7. The van der Waals surface area contributed by atoms with Crippen molar-refractivity contribution in [3.05, 3.63) is 47.6 Å². The van der Waals surface area contributed by atoms with Crippen LogP contribution < -0.4 is 0 Å². The van der Waals surface area contributed by atoms with Crippen molar-refractivity contribution in [1.29, 1.82) is 0 Å². The summed E-state index contributed by atoms with van der Waals surface area (Å²) in [5.41, 5.74) is -13.6. The van der Waals surface area contributed by atoms with Gasteiger partial charge in [-0.1, -0.05) is 51.0 Å². The lowest BCUT2D eigenvalue weighted by Gasteiger charge is -2.62. The molecule has 4 N–H and O–H groups in total. The smallest absolute Gasteiger partial charge is 0.434 e. The SMILES string of the molecule is C[C@@H]1C[C@H]2[C@@H]3CCC4=CC(=O)C=C[C@]4(C)[C@@]3(F)[C@@H](O)C[C@]2(C)[C@@]1(O)C(=O)COC(=O)OCCC(C)(C)OC(=O)OCC(=O)[C@@]1(O)[C@H](C)C[C@H]2[C@@H]3CCC4=CC(=O)C=C[C@]4(C)[C@@]3(F)[C@@H](O)C[C@@]21C. The summed E-state index contributed by atoms with van der Waals surface area (Å²) in [7, 11) is 0. The highest BCUT2D eigenvalue weighted by molar-refractivity contribution is 6.02. The number of Topliss-reactive ketones (excluding diaryl/α,β-unsaturated/α-hetero) is 2. The first-order chi connectivity index (χ1) is 31.0. The van der Waals surface area contributed by atoms with Crippen LogP contribution in [0.4, 0.5) is 18.4 Å². The molecule has 0 heterocycles. The van der Waals surface area contributed by atoms with Gasteiger partial charge < -0.3 is 39.4 Å². The van der Waals surface area contributed by atoms with Gasteiger partial charge >= 0.3 is 12.3 Å². The van der Waals surface area contributed by atoms with Gasteiger partial charge in [-0.15, -0.1) is 0 Å². The van der Waals surface area contributed by atoms with Crippen LogP contribution >= 0.6 is 0 Å². The van der Waals surface area contributed by atoms with Gasteiger partial charge in [0.25, 0.3) is 0 Å². The molecule has 14 nitrogen and oxygen atoms in total. The number of allylic oxidation sites excluding steroid dienone is 8. The molecule has 0 aliphatic heterocycles. The summed E-state index contributed by atoms with van der Waals surface area (Å²) in [6, 6.07) is 0. The number of ketones is 4. The van der Waals surface area contributed by atoms with E-state index in [1.165, 1.54) is 50.3 Å². The largest absolute Gasteiger partial charge is 0.509 e. The minimum absolute atomic E-state index is 0.0899. The quantitative estimate of drug-likeness (QED) is 0.177. The fourth-order valence-electron chi connectivity index (χ4n) is 15.5. The fraction of sp³-hybridized carbons (Fsp3) is 0.725. The Bertz CT molecular complexity index is 2290. The van der Waals surface area contributed by atoms with Gasteiger partial charge in [-0.3, -0.25) is 19.2 Å². The second kappa shape index (κ2) is 16.0. The molecule has 368 valence electrons. The molecule has 0 bridgehead atoms. The molecule has 67 heavy (non-hydrogen) atoms. The molecular formula is C51H66F2O14. The Morgan fingerprint density at radius 2 is 1.07 bits per heavy atom. The lowest BCUT2D eigenvalue weighted by atomic mass is 9.44. The lowest BCUT2D eigenvalue weighted by Crippen LogP contribution is -2.69. The van der Waals surface area contributed by atoms with Crippen molar-refractivity contribution in [2.24, 2.45) is 57.2 Å². The van der Waals surface area contributed by atoms with E-state index in [-0.39, 0.29) is 50.3 Å². The van der Waals surface area contributed by atoms with Crippen molar-refractivity contribution in [3.63, 3.8) is 0 Å². The number of hydrogen-bond donors (Lipinski definition) is 4. The van der Waals surface area contributed by atoms with Crippen molar-refractivity contribution < 1.29 is 76.9 Å². The average Bonchev–Trinajstić information content (AvgIpc) is 3.58. The first-order valence-corrected chi connectivity index (χ1v) is 23.8. The topological polar surface area (TPSA) is 220 Å². The number of fused-ring (bicyclic) bond motifs is 10. The predicted molar refractivity (Wildman–Crippen MR) is 234 cm³/mol. The summed E-state index contributed by atoms with van der Waals surface area (Å²) >= 11 is 0. The van der Waals surface area contributed by atoms with Crippen LogP contribution in [0.15, 0.2) is 47.6 Å². The molecule has 6 saturated carbocycles. The van der Waals surface area contributed by atoms with Crippen molar-refractivity contribution in [2.75, 3.05) is 19.8 Å². The molecule has 6 fully saturated rings. The fourth-order valence-corrected chi connectivity index (χ4v) is 15.5. The standard InChI is InChI=1S/C51H66F2O14/c1-27-19-35-33-11-9-29-21-31(54)13-15-44(29,5)48(33,52)37(56)23-46(35,7)50(27,62)39(58)25-65-41(60)64-18-17-43(3,4)67-42(61)66-26-40(59)51(63)28(2)20-36-34-12-10-30-22-32(55)14-16-45(30,6)49(34,53)38(57)24-47(36,51)8/h13-16,21-22,27-28,33-38,56-57,62-63H,9-12,17-20,23-26H2,1-8H3/t27-,28-,33+,34+,35+,36+,37+,38+,44+,45+,46+,47+,48+,49+,50+,51+/m1/s1. The van der Waals surface area contributed by atoms with Crippen LogP contribution in [0.1, 0.15) is 113 Å². The highest BCUT2D eigenvalue weighted by Gasteiger charge is 2.77. The molecule has 0 amide bonds. The van der Waals surface area contributed by atoms with Crippen LogP contribution in [-0.4, -0.2) is 116 Å². The van der Waals surface area contributed by atoms with Crippen molar-refractivity contribution >= 4 is 35.4 Å². The van der Waals surface area contributed by atoms with Crippen LogP contribution in [-0.2, 0) is 38.1 Å². The summed E-state index contributed by atoms with van der Waals surface area (Å²) in [5.74, 6) is -5.98. The van der Waals surface area contributed by atoms with Crippen LogP contribution in [0.3, 0.4) is 0 Å². The normalized spacial score (nSPS) is 46.1. The summed E-state index contributed by atoms with van der Waals surface area (Å²) in [4.78, 5) is 77.8. The van der Waals surface area contributed by atoms with Gasteiger partial charge in [0.15, 0.2) is 36.1 Å². The number of carbonyl (C=O) groups excluding carboxylic acids is 6. The molecule has 0 saturated heterocycles. The molecule has 0 unspecified atom stereocenters. The number of alkyl halides is 2. The number of halogens is 2. The predicted octanol–water partition coefficient (Wildman–Crippen LogP) is 6.30. The van der Waals surface area contributed by atoms with E-state index in [9.17, 15) is 49.2 Å². The van der Waals surface area contributed by atoms with E-state index in [4.69, 9.17) is 18.9 Å². The van der Waals surface area contributed by atoms with Crippen molar-refractivity contribution in [3.8, 4) is 0 Å². The van der Waals surface area contributed by atoms with E-state index >= 15 is 8.78 Å². The highest BCUT2D eigenvalue weighted by Crippen LogP contribution is 2.72. The van der Waals surface area contributed by atoms with Gasteiger partial charge in [0, 0.05) is 39.9 Å². The lowest BCUT2D eigenvalue weighted by molar-refractivity contribution is -0.219. The first-order valence-electron chi connectivity index (χ1n) is 23.8. The Morgan fingerprint density at radius 3 is 1.49 bits per heavy atom. The first kappa shape index (κ1) is 49.3. The van der Waals surface area contributed by atoms with Gasteiger partial charge in [-0.2, -0.15) is 0 Å². The van der Waals surface area contributed by atoms with Gasteiger partial charge in [0.1, 0.15) is 16.8 Å². The molecular weight excluding hydrogens is 875 g/mol. The van der Waals surface area contributed by atoms with E-state index in [1.807, 2.05) is 0 Å². The van der Waals surface area contributed by atoms with Crippen molar-refractivity contribution in [1.82, 2.24) is 0 Å². The van der Waals surface area contributed by atoms with Crippen LogP contribution in [0.25, 0.3) is 0 Å². The molecule has 0 aromatic heterocycles. The maximum Gasteiger partial charge on any atom is 0.509 e. The second-order valence-electron chi connectivity index (χ2n) is 22.7. The van der Waals surface area contributed by atoms with E-state index < -0.39 is 135 Å². The van der Waals surface area contributed by atoms with Crippen molar-refractivity contribution in [2.45, 2.75) is 154 Å². The van der Waals surface area contributed by atoms with Crippen LogP contribution in [0, 0.1) is 57.2 Å². The van der Waals surface area contributed by atoms with E-state index in [0.29, 0.717) is 36.8 Å². The number of aliphatic hydroxyl groups excluding tert-OH is 2. The van der Waals surface area contributed by atoms with E-state index in [2.05, 4.69) is 0 Å². The maximum atomic E-state index is 17.5. The third-order valence-corrected chi connectivity index (χ3v) is 19.2. The molecule has 16 heteroatoms.